The van der Waals surface area contributed by atoms with E-state index in [1.165, 1.54) is 0 Å². The molecule has 0 saturated carbocycles. The summed E-state index contributed by atoms with van der Waals surface area (Å²) in [5, 5.41) is 7.48. The number of rotatable bonds is 4. The summed E-state index contributed by atoms with van der Waals surface area (Å²) in [6, 6.07) is 13.5. The molecule has 5 heteroatoms. The van der Waals surface area contributed by atoms with E-state index in [1.54, 1.807) is 7.11 Å². The van der Waals surface area contributed by atoms with Gasteiger partial charge in [-0.3, -0.25) is 5.41 Å². The zero-order chi connectivity index (χ0) is 14.7. The number of halogens is 1. The lowest BCUT2D eigenvalue weighted by Gasteiger charge is -2.20. The maximum absolute atomic E-state index is 7.48. The Hall–Kier alpha value is -2.01. The Bertz CT molecular complexity index is 626. The highest BCUT2D eigenvalue weighted by Crippen LogP contribution is 2.29. The zero-order valence-corrected chi connectivity index (χ0v) is 12.9. The smallest absolute Gasteiger partial charge is 0.123 e. The van der Waals surface area contributed by atoms with Gasteiger partial charge in [0.05, 0.1) is 7.11 Å². The second-order valence-electron chi connectivity index (χ2n) is 4.33. The van der Waals surface area contributed by atoms with Gasteiger partial charge in [-0.1, -0.05) is 0 Å². The van der Waals surface area contributed by atoms with Crippen molar-refractivity contribution in [2.24, 2.45) is 5.73 Å². The Morgan fingerprint density at radius 2 is 1.75 bits per heavy atom. The summed E-state index contributed by atoms with van der Waals surface area (Å²) in [6.07, 6.45) is 0. The first kappa shape index (κ1) is 14.4. The van der Waals surface area contributed by atoms with Crippen LogP contribution < -0.4 is 15.4 Å². The van der Waals surface area contributed by atoms with Gasteiger partial charge >= 0.3 is 0 Å². The largest absolute Gasteiger partial charge is 0.497 e. The van der Waals surface area contributed by atoms with Crippen LogP contribution in [-0.4, -0.2) is 20.0 Å². The molecule has 3 N–H and O–H groups in total. The fraction of sp³-hybridized carbons (Fsp3) is 0.133. The normalized spacial score (nSPS) is 10.2. The van der Waals surface area contributed by atoms with Crippen LogP contribution in [0.15, 0.2) is 46.9 Å². The molecule has 0 heterocycles. The van der Waals surface area contributed by atoms with Crippen molar-refractivity contribution in [3.8, 4) is 5.75 Å². The van der Waals surface area contributed by atoms with E-state index in [0.717, 1.165) is 21.6 Å². The monoisotopic (exact) mass is 333 g/mol. The molecule has 20 heavy (non-hydrogen) atoms. The van der Waals surface area contributed by atoms with Crippen LogP contribution in [0.25, 0.3) is 0 Å². The number of nitrogens with zero attached hydrogens (tertiary/aromatic N) is 1. The number of benzene rings is 2. The Kier molecular flexibility index (Phi) is 4.29. The summed E-state index contributed by atoms with van der Waals surface area (Å²) in [4.78, 5) is 2.05. The molecule has 0 amide bonds. The van der Waals surface area contributed by atoms with Gasteiger partial charge in [0.15, 0.2) is 0 Å². The van der Waals surface area contributed by atoms with E-state index in [0.29, 0.717) is 5.56 Å². The van der Waals surface area contributed by atoms with Gasteiger partial charge in [0.25, 0.3) is 0 Å². The van der Waals surface area contributed by atoms with E-state index >= 15 is 0 Å². The van der Waals surface area contributed by atoms with Crippen LogP contribution in [0, 0.1) is 5.41 Å². The molecule has 0 atom stereocenters. The molecule has 2 aromatic rings. The molecule has 2 rings (SSSR count). The van der Waals surface area contributed by atoms with Gasteiger partial charge in [-0.2, -0.15) is 0 Å². The Morgan fingerprint density at radius 1 is 1.15 bits per heavy atom. The van der Waals surface area contributed by atoms with Crippen LogP contribution in [-0.2, 0) is 0 Å². The molecule has 0 aliphatic rings. The molecule has 0 bridgehead atoms. The Labute approximate surface area is 126 Å². The Morgan fingerprint density at radius 3 is 2.25 bits per heavy atom. The number of hydrogen-bond donors (Lipinski definition) is 2. The summed E-state index contributed by atoms with van der Waals surface area (Å²) in [5.74, 6) is 0.880. The molecule has 0 unspecified atom stereocenters. The molecular weight excluding hydrogens is 318 g/mol. The van der Waals surface area contributed by atoms with Crippen LogP contribution in [0.5, 0.6) is 5.75 Å². The van der Waals surface area contributed by atoms with E-state index in [-0.39, 0.29) is 5.84 Å². The molecule has 0 aliphatic heterocycles. The SMILES string of the molecule is COc1ccc(N(C)c2ccc(C(=N)N)c(Br)c2)cc1. The van der Waals surface area contributed by atoms with Gasteiger partial charge in [-0.05, 0) is 58.4 Å². The van der Waals surface area contributed by atoms with Crippen LogP contribution in [0.1, 0.15) is 5.56 Å². The minimum absolute atomic E-state index is 0.0514. The van der Waals surface area contributed by atoms with Crippen molar-refractivity contribution in [1.82, 2.24) is 0 Å². The fourth-order valence-corrected chi connectivity index (χ4v) is 2.47. The predicted molar refractivity (Wildman–Crippen MR) is 86.2 cm³/mol. The number of methoxy groups -OCH3 is 1. The minimum atomic E-state index is 0.0514. The average Bonchev–Trinajstić information content (AvgIpc) is 2.46. The van der Waals surface area contributed by atoms with E-state index in [2.05, 4.69) is 15.9 Å². The molecule has 4 nitrogen and oxygen atoms in total. The highest BCUT2D eigenvalue weighted by molar-refractivity contribution is 9.10. The van der Waals surface area contributed by atoms with Crippen molar-refractivity contribution in [2.75, 3.05) is 19.1 Å². The lowest BCUT2D eigenvalue weighted by Crippen LogP contribution is -2.13. The van der Waals surface area contributed by atoms with Crippen LogP contribution >= 0.6 is 15.9 Å². The fourth-order valence-electron chi connectivity index (χ4n) is 1.89. The number of hydrogen-bond acceptors (Lipinski definition) is 3. The number of ether oxygens (including phenoxy) is 1. The number of anilines is 2. The maximum atomic E-state index is 7.48. The van der Waals surface area contributed by atoms with Gasteiger partial charge in [0.2, 0.25) is 0 Å². The summed E-state index contributed by atoms with van der Waals surface area (Å²) in [7, 11) is 3.63. The summed E-state index contributed by atoms with van der Waals surface area (Å²) < 4.78 is 5.96. The highest BCUT2D eigenvalue weighted by atomic mass is 79.9. The first-order valence-electron chi connectivity index (χ1n) is 6.04. The van der Waals surface area contributed by atoms with E-state index in [9.17, 15) is 0 Å². The molecule has 0 radical (unpaired) electrons. The van der Waals surface area contributed by atoms with Crippen LogP contribution in [0.4, 0.5) is 11.4 Å². The van der Waals surface area contributed by atoms with Gasteiger partial charge in [-0.25, -0.2) is 0 Å². The van der Waals surface area contributed by atoms with E-state index in [4.69, 9.17) is 15.9 Å². The lowest BCUT2D eigenvalue weighted by molar-refractivity contribution is 0.415. The van der Waals surface area contributed by atoms with E-state index in [1.807, 2.05) is 54.4 Å². The molecule has 0 aromatic heterocycles. The predicted octanol–water partition coefficient (Wildman–Crippen LogP) is 3.51. The van der Waals surface area contributed by atoms with Crippen LogP contribution in [0.3, 0.4) is 0 Å². The third-order valence-electron chi connectivity index (χ3n) is 3.09. The first-order chi connectivity index (χ1) is 9.52. The summed E-state index contributed by atoms with van der Waals surface area (Å²) in [5.41, 5.74) is 8.26. The van der Waals surface area contributed by atoms with Crippen molar-refractivity contribution in [3.63, 3.8) is 0 Å². The summed E-state index contributed by atoms with van der Waals surface area (Å²) >= 11 is 3.44. The number of nitrogens with one attached hydrogen (secondary N) is 1. The van der Waals surface area contributed by atoms with Gasteiger partial charge in [0, 0.05) is 28.5 Å². The van der Waals surface area contributed by atoms with Crippen molar-refractivity contribution in [3.05, 3.63) is 52.5 Å². The quantitative estimate of drug-likeness (QED) is 0.664. The van der Waals surface area contributed by atoms with Crippen LogP contribution in [0.2, 0.25) is 0 Å². The molecule has 0 aliphatic carbocycles. The molecule has 0 spiro atoms. The van der Waals surface area contributed by atoms with Gasteiger partial charge in [-0.15, -0.1) is 0 Å². The van der Waals surface area contributed by atoms with Crippen molar-refractivity contribution in [1.29, 1.82) is 5.41 Å². The van der Waals surface area contributed by atoms with Gasteiger partial charge < -0.3 is 15.4 Å². The average molecular weight is 334 g/mol. The van der Waals surface area contributed by atoms with Crippen molar-refractivity contribution in [2.45, 2.75) is 0 Å². The molecule has 2 aromatic carbocycles. The third-order valence-corrected chi connectivity index (χ3v) is 3.75. The van der Waals surface area contributed by atoms with Crippen molar-refractivity contribution < 1.29 is 4.74 Å². The number of nitrogen functional groups attached to an aromatic ring is 1. The minimum Gasteiger partial charge on any atom is -0.497 e. The van der Waals surface area contributed by atoms with Crippen molar-refractivity contribution >= 4 is 33.1 Å². The highest BCUT2D eigenvalue weighted by Gasteiger charge is 2.08. The Balaban J connectivity index is 2.30. The molecule has 0 fully saturated rings. The standard InChI is InChI=1S/C15H16BrN3O/c1-19(10-3-6-12(20-2)7-4-10)11-5-8-13(15(17)18)14(16)9-11/h3-9H,1-2H3,(H3,17,18). The zero-order valence-electron chi connectivity index (χ0n) is 11.4. The second kappa shape index (κ2) is 5.96. The van der Waals surface area contributed by atoms with Gasteiger partial charge in [0.1, 0.15) is 11.6 Å². The topological polar surface area (TPSA) is 62.3 Å². The first-order valence-corrected chi connectivity index (χ1v) is 6.84. The summed E-state index contributed by atoms with van der Waals surface area (Å²) in [6.45, 7) is 0. The lowest BCUT2D eigenvalue weighted by atomic mass is 10.1. The molecule has 104 valence electrons. The third kappa shape index (κ3) is 2.93. The number of amidine groups is 1. The number of nitrogens with two attached hydrogens (primary N) is 1. The molecular formula is C15H16BrN3O. The van der Waals surface area contributed by atoms with E-state index < -0.39 is 0 Å². The maximum Gasteiger partial charge on any atom is 0.123 e. The molecule has 0 saturated heterocycles. The second-order valence-corrected chi connectivity index (χ2v) is 5.19.